The van der Waals surface area contributed by atoms with E-state index in [1.165, 1.54) is 89.9 Å². The molecule has 0 aromatic carbocycles. The second-order valence-electron chi connectivity index (χ2n) is 8.20. The maximum absolute atomic E-state index is 9.20. The molecule has 0 radical (unpaired) electrons. The summed E-state index contributed by atoms with van der Waals surface area (Å²) in [6.07, 6.45) is 19.0. The molecule has 170 valence electrons. The van der Waals surface area contributed by atoms with Crippen molar-refractivity contribution >= 4 is 0 Å². The molecule has 28 heavy (non-hydrogen) atoms. The fourth-order valence-electron chi connectivity index (χ4n) is 3.67. The molecule has 0 spiro atoms. The predicted molar refractivity (Wildman–Crippen MR) is 120 cm³/mol. The second-order valence-corrected chi connectivity index (χ2v) is 8.20. The Hall–Kier alpha value is -0.200. The molecule has 0 saturated heterocycles. The van der Waals surface area contributed by atoms with Crippen LogP contribution in [0.15, 0.2) is 0 Å². The van der Waals surface area contributed by atoms with Gasteiger partial charge in [-0.2, -0.15) is 0 Å². The fraction of sp³-hybridized carbons (Fsp3) is 1.00. The lowest BCUT2D eigenvalue weighted by Crippen LogP contribution is -2.32. The Morgan fingerprint density at radius 1 is 0.643 bits per heavy atom. The minimum atomic E-state index is -1.27. The summed E-state index contributed by atoms with van der Waals surface area (Å²) in [5.41, 5.74) is 0. The summed E-state index contributed by atoms with van der Waals surface area (Å²) in [7, 11) is 0. The normalized spacial score (nSPS) is 11.8. The van der Waals surface area contributed by atoms with Crippen LogP contribution in [0, 0.1) is 0 Å². The van der Waals surface area contributed by atoms with Gasteiger partial charge in [0.05, 0.1) is 6.61 Å². The molecule has 0 aliphatic heterocycles. The van der Waals surface area contributed by atoms with Crippen LogP contribution in [0.4, 0.5) is 0 Å². The van der Waals surface area contributed by atoms with Crippen molar-refractivity contribution in [3.05, 3.63) is 0 Å². The third-order valence-electron chi connectivity index (χ3n) is 5.40. The molecule has 0 bridgehead atoms. The Morgan fingerprint density at radius 2 is 1.11 bits per heavy atom. The van der Waals surface area contributed by atoms with E-state index in [0.717, 1.165) is 32.6 Å². The first kappa shape index (κ1) is 27.8. The van der Waals surface area contributed by atoms with Crippen LogP contribution in [0.5, 0.6) is 0 Å². The van der Waals surface area contributed by atoms with E-state index in [4.69, 9.17) is 10.2 Å². The van der Waals surface area contributed by atoms with Crippen molar-refractivity contribution in [1.82, 2.24) is 10.2 Å². The Balaban J connectivity index is 3.36. The van der Waals surface area contributed by atoms with Crippen LogP contribution >= 0.6 is 0 Å². The summed E-state index contributed by atoms with van der Waals surface area (Å²) in [6.45, 7) is 6.23. The number of aliphatic hydroxyl groups excluding tert-OH is 2. The average Bonchev–Trinajstić information content (AvgIpc) is 2.67. The summed E-state index contributed by atoms with van der Waals surface area (Å²) in [5.74, 6) is 0. The molecule has 0 fully saturated rings. The largest absolute Gasteiger partial charge is 0.395 e. The van der Waals surface area contributed by atoms with Crippen molar-refractivity contribution < 1.29 is 15.3 Å². The van der Waals surface area contributed by atoms with Crippen molar-refractivity contribution in [2.75, 3.05) is 39.3 Å². The van der Waals surface area contributed by atoms with E-state index in [0.29, 0.717) is 0 Å². The molecular formula is C23H50N2O3. The first-order valence-corrected chi connectivity index (χ1v) is 12.1. The Bertz CT molecular complexity index is 291. The van der Waals surface area contributed by atoms with E-state index >= 15 is 0 Å². The molecule has 0 aliphatic rings. The first-order chi connectivity index (χ1) is 13.7. The van der Waals surface area contributed by atoms with Crippen LogP contribution < -0.4 is 5.32 Å². The van der Waals surface area contributed by atoms with Gasteiger partial charge in [-0.15, -0.1) is 0 Å². The Labute approximate surface area is 174 Å². The van der Waals surface area contributed by atoms with Gasteiger partial charge >= 0.3 is 0 Å². The minimum absolute atomic E-state index is 0.210. The zero-order chi connectivity index (χ0) is 20.7. The standard InChI is InChI=1S/C23H50N2O3/c1-2-3-4-5-6-7-8-9-10-11-12-13-14-15-18-25(20-21-26)19-16-17-24-22-23(27)28/h23-24,26-28H,2-22H2,1H3. The number of nitrogens with zero attached hydrogens (tertiary/aromatic N) is 1. The van der Waals surface area contributed by atoms with Gasteiger partial charge in [0.2, 0.25) is 0 Å². The summed E-state index contributed by atoms with van der Waals surface area (Å²) in [4.78, 5) is 2.32. The van der Waals surface area contributed by atoms with Crippen LogP contribution in [0.25, 0.3) is 0 Å². The number of hydrogen-bond donors (Lipinski definition) is 4. The van der Waals surface area contributed by atoms with E-state index in [1.54, 1.807) is 0 Å². The van der Waals surface area contributed by atoms with Crippen molar-refractivity contribution in [2.24, 2.45) is 0 Å². The third-order valence-corrected chi connectivity index (χ3v) is 5.40. The van der Waals surface area contributed by atoms with Crippen molar-refractivity contribution in [3.8, 4) is 0 Å². The molecule has 0 atom stereocenters. The van der Waals surface area contributed by atoms with Crippen molar-refractivity contribution in [1.29, 1.82) is 0 Å². The minimum Gasteiger partial charge on any atom is -0.395 e. The lowest BCUT2D eigenvalue weighted by molar-refractivity contribution is -0.0371. The number of nitrogens with one attached hydrogen (secondary N) is 1. The summed E-state index contributed by atoms with van der Waals surface area (Å²) >= 11 is 0. The lowest BCUT2D eigenvalue weighted by Gasteiger charge is -2.21. The second kappa shape index (κ2) is 23.1. The van der Waals surface area contributed by atoms with Gasteiger partial charge in [-0.1, -0.05) is 90.4 Å². The smallest absolute Gasteiger partial charge is 0.164 e. The highest BCUT2D eigenvalue weighted by molar-refractivity contribution is 4.60. The van der Waals surface area contributed by atoms with Gasteiger partial charge < -0.3 is 25.5 Å². The fourth-order valence-corrected chi connectivity index (χ4v) is 3.67. The lowest BCUT2D eigenvalue weighted by atomic mass is 10.0. The van der Waals surface area contributed by atoms with Crippen LogP contribution in [-0.4, -0.2) is 65.8 Å². The molecule has 4 N–H and O–H groups in total. The molecular weight excluding hydrogens is 352 g/mol. The van der Waals surface area contributed by atoms with Crippen LogP contribution in [-0.2, 0) is 0 Å². The third kappa shape index (κ3) is 22.1. The van der Waals surface area contributed by atoms with Gasteiger partial charge in [0.15, 0.2) is 6.29 Å². The molecule has 0 aromatic heterocycles. The van der Waals surface area contributed by atoms with Crippen molar-refractivity contribution in [3.63, 3.8) is 0 Å². The van der Waals surface area contributed by atoms with Crippen LogP contribution in [0.2, 0.25) is 0 Å². The number of unbranched alkanes of at least 4 members (excludes halogenated alkanes) is 13. The average molecular weight is 403 g/mol. The molecule has 0 saturated carbocycles. The number of rotatable bonds is 23. The zero-order valence-electron chi connectivity index (χ0n) is 18.7. The molecule has 5 nitrogen and oxygen atoms in total. The van der Waals surface area contributed by atoms with Gasteiger partial charge in [0.25, 0.3) is 0 Å². The van der Waals surface area contributed by atoms with E-state index in [2.05, 4.69) is 17.1 Å². The Kier molecular flexibility index (Phi) is 22.9. The quantitative estimate of drug-likeness (QED) is 0.153. The SMILES string of the molecule is CCCCCCCCCCCCCCCCN(CCO)CCCNCC(O)O. The van der Waals surface area contributed by atoms with E-state index in [9.17, 15) is 5.11 Å². The maximum atomic E-state index is 9.20. The molecule has 0 heterocycles. The van der Waals surface area contributed by atoms with Gasteiger partial charge in [0, 0.05) is 13.1 Å². The summed E-state index contributed by atoms with van der Waals surface area (Å²) in [5, 5.41) is 29.8. The summed E-state index contributed by atoms with van der Waals surface area (Å²) < 4.78 is 0. The molecule has 0 aliphatic carbocycles. The topological polar surface area (TPSA) is 76.0 Å². The molecule has 0 unspecified atom stereocenters. The van der Waals surface area contributed by atoms with Gasteiger partial charge in [0.1, 0.15) is 0 Å². The van der Waals surface area contributed by atoms with E-state index in [-0.39, 0.29) is 13.2 Å². The number of hydrogen-bond acceptors (Lipinski definition) is 5. The van der Waals surface area contributed by atoms with E-state index < -0.39 is 6.29 Å². The number of aliphatic hydroxyl groups is 3. The molecule has 5 heteroatoms. The van der Waals surface area contributed by atoms with Gasteiger partial charge in [-0.3, -0.25) is 0 Å². The van der Waals surface area contributed by atoms with Crippen LogP contribution in [0.3, 0.4) is 0 Å². The molecule has 0 amide bonds. The highest BCUT2D eigenvalue weighted by Crippen LogP contribution is 2.13. The monoisotopic (exact) mass is 402 g/mol. The predicted octanol–water partition coefficient (Wildman–Crippen LogP) is 4.05. The molecule has 0 rings (SSSR count). The van der Waals surface area contributed by atoms with Gasteiger partial charge in [-0.25, -0.2) is 0 Å². The van der Waals surface area contributed by atoms with Crippen LogP contribution in [0.1, 0.15) is 103 Å². The zero-order valence-corrected chi connectivity index (χ0v) is 18.7. The first-order valence-electron chi connectivity index (χ1n) is 12.1. The maximum Gasteiger partial charge on any atom is 0.164 e. The highest BCUT2D eigenvalue weighted by atomic mass is 16.5. The molecule has 0 aromatic rings. The highest BCUT2D eigenvalue weighted by Gasteiger charge is 2.04. The van der Waals surface area contributed by atoms with E-state index in [1.807, 2.05) is 0 Å². The summed E-state index contributed by atoms with van der Waals surface area (Å²) in [6, 6.07) is 0. The van der Waals surface area contributed by atoms with Crippen molar-refractivity contribution in [2.45, 2.75) is 110 Å². The Morgan fingerprint density at radius 3 is 1.57 bits per heavy atom. The van der Waals surface area contributed by atoms with Gasteiger partial charge in [-0.05, 0) is 32.5 Å².